The molecule has 1 rings (SSSR count). The lowest BCUT2D eigenvalue weighted by atomic mass is 10.2. The van der Waals surface area contributed by atoms with E-state index in [1.54, 1.807) is 11.8 Å². The number of hydrogen-bond donors (Lipinski definition) is 1. The van der Waals surface area contributed by atoms with Crippen LogP contribution in [0, 0.1) is 11.3 Å². The summed E-state index contributed by atoms with van der Waals surface area (Å²) in [5.41, 5.74) is 0. The van der Waals surface area contributed by atoms with Gasteiger partial charge < -0.3 is 5.11 Å². The molecule has 1 unspecified atom stereocenters. The first-order chi connectivity index (χ1) is 4.75. The quantitative estimate of drug-likeness (QED) is 0.668. The molecule has 56 valence electrons. The highest BCUT2D eigenvalue weighted by Gasteiger charge is 2.48. The third-order valence-corrected chi connectivity index (χ3v) is 3.53. The minimum atomic E-state index is -0.410. The van der Waals surface area contributed by atoms with E-state index >= 15 is 0 Å². The molecule has 0 amide bonds. The molecule has 0 aromatic heterocycles. The molecule has 1 saturated carbocycles. The maximum atomic E-state index is 9.40. The second-order valence-electron chi connectivity index (χ2n) is 2.65. The molecule has 3 heteroatoms. The average molecular weight is 157 g/mol. The van der Waals surface area contributed by atoms with Crippen molar-refractivity contribution in [2.45, 2.75) is 30.1 Å². The molecule has 1 aliphatic rings. The van der Waals surface area contributed by atoms with E-state index in [4.69, 9.17) is 5.26 Å². The summed E-state index contributed by atoms with van der Waals surface area (Å²) < 4.78 is 0.0513. The summed E-state index contributed by atoms with van der Waals surface area (Å²) in [5, 5.41) is 17.7. The number of nitrogens with zero attached hydrogens (tertiary/aromatic N) is 1. The van der Waals surface area contributed by atoms with Crippen LogP contribution in [0.25, 0.3) is 0 Å². The monoisotopic (exact) mass is 157 g/mol. The van der Waals surface area contributed by atoms with Crippen LogP contribution in [-0.4, -0.2) is 22.2 Å². The van der Waals surface area contributed by atoms with Crippen LogP contribution in [0.5, 0.6) is 0 Å². The van der Waals surface area contributed by atoms with Gasteiger partial charge in [0.05, 0.1) is 18.6 Å². The second kappa shape index (κ2) is 2.81. The van der Waals surface area contributed by atoms with E-state index in [1.165, 1.54) is 0 Å². The van der Waals surface area contributed by atoms with E-state index in [-0.39, 0.29) is 11.2 Å². The Morgan fingerprint density at radius 2 is 2.40 bits per heavy atom. The Kier molecular flexibility index (Phi) is 2.22. The van der Waals surface area contributed by atoms with Gasteiger partial charge in [-0.05, 0) is 19.1 Å². The summed E-state index contributed by atoms with van der Waals surface area (Å²) >= 11 is 1.69. The predicted octanol–water partition coefficient (Wildman–Crippen LogP) is 1.16. The zero-order valence-electron chi connectivity index (χ0n) is 6.00. The van der Waals surface area contributed by atoms with E-state index in [0.29, 0.717) is 0 Å². The molecule has 1 N–H and O–H groups in total. The number of nitriles is 1. The van der Waals surface area contributed by atoms with Crippen molar-refractivity contribution in [1.82, 2.24) is 0 Å². The lowest BCUT2D eigenvalue weighted by Gasteiger charge is -2.16. The van der Waals surface area contributed by atoms with E-state index in [9.17, 15) is 5.11 Å². The molecule has 10 heavy (non-hydrogen) atoms. The van der Waals surface area contributed by atoms with Gasteiger partial charge in [0, 0.05) is 4.75 Å². The first kappa shape index (κ1) is 7.90. The summed E-state index contributed by atoms with van der Waals surface area (Å²) in [5.74, 6) is 0. The zero-order valence-corrected chi connectivity index (χ0v) is 6.82. The number of hydrogen-bond acceptors (Lipinski definition) is 3. The van der Waals surface area contributed by atoms with Gasteiger partial charge in [-0.25, -0.2) is 0 Å². The Balaban J connectivity index is 2.41. The Bertz CT molecular complexity index is 159. The summed E-state index contributed by atoms with van der Waals surface area (Å²) in [4.78, 5) is 0. The molecule has 0 saturated heterocycles. The third kappa shape index (κ3) is 1.28. The van der Waals surface area contributed by atoms with E-state index in [2.05, 4.69) is 0 Å². The molecular formula is C7H11NOS. The Hall–Kier alpha value is -0.200. The molecular weight excluding hydrogens is 146 g/mol. The maximum Gasteiger partial charge on any atom is 0.0816 e. The summed E-state index contributed by atoms with van der Waals surface area (Å²) in [7, 11) is 0. The fourth-order valence-corrected chi connectivity index (χ4v) is 1.93. The van der Waals surface area contributed by atoms with Crippen LogP contribution >= 0.6 is 11.8 Å². The number of rotatable bonds is 3. The van der Waals surface area contributed by atoms with Gasteiger partial charge >= 0.3 is 0 Å². The van der Waals surface area contributed by atoms with Crippen LogP contribution in [0.2, 0.25) is 0 Å². The Labute approximate surface area is 65.2 Å². The van der Waals surface area contributed by atoms with Crippen molar-refractivity contribution < 1.29 is 5.11 Å². The first-order valence-corrected chi connectivity index (χ1v) is 4.58. The highest BCUT2D eigenvalue weighted by molar-refractivity contribution is 8.00. The summed E-state index contributed by atoms with van der Waals surface area (Å²) in [6.45, 7) is 0. The molecule has 0 aromatic carbocycles. The molecule has 0 bridgehead atoms. The fourth-order valence-electron chi connectivity index (χ4n) is 1.07. The van der Waals surface area contributed by atoms with Crippen molar-refractivity contribution in [1.29, 1.82) is 5.26 Å². The van der Waals surface area contributed by atoms with Gasteiger partial charge in [-0.1, -0.05) is 0 Å². The van der Waals surface area contributed by atoms with Crippen LogP contribution < -0.4 is 0 Å². The highest BCUT2D eigenvalue weighted by atomic mass is 32.2. The van der Waals surface area contributed by atoms with E-state index in [0.717, 1.165) is 12.8 Å². The number of aliphatic hydroxyl groups is 1. The van der Waals surface area contributed by atoms with E-state index in [1.807, 2.05) is 12.3 Å². The van der Waals surface area contributed by atoms with Crippen molar-refractivity contribution >= 4 is 11.8 Å². The molecule has 0 radical (unpaired) electrons. The van der Waals surface area contributed by atoms with Crippen LogP contribution in [-0.2, 0) is 0 Å². The lowest BCUT2D eigenvalue weighted by molar-refractivity contribution is 0.169. The molecule has 0 spiro atoms. The zero-order chi connectivity index (χ0) is 7.61. The van der Waals surface area contributed by atoms with Gasteiger partial charge in [0.2, 0.25) is 0 Å². The Morgan fingerprint density at radius 1 is 1.80 bits per heavy atom. The molecule has 1 aliphatic carbocycles. The smallest absolute Gasteiger partial charge is 0.0816 e. The van der Waals surface area contributed by atoms with Gasteiger partial charge in [0.25, 0.3) is 0 Å². The molecule has 1 fully saturated rings. The largest absolute Gasteiger partial charge is 0.391 e. The minimum absolute atomic E-state index is 0.0513. The van der Waals surface area contributed by atoms with Gasteiger partial charge in [-0.15, -0.1) is 0 Å². The molecule has 1 atom stereocenters. The standard InChI is InChI=1S/C7H11NOS/c1-10-7(3-4-7)6(9)2-5-8/h6,9H,2-4H2,1H3. The minimum Gasteiger partial charge on any atom is -0.391 e. The molecule has 0 aromatic rings. The van der Waals surface area contributed by atoms with Gasteiger partial charge in [-0.3, -0.25) is 0 Å². The van der Waals surface area contributed by atoms with Crippen LogP contribution in [0.15, 0.2) is 0 Å². The molecule has 0 heterocycles. The van der Waals surface area contributed by atoms with Gasteiger partial charge in [0.1, 0.15) is 0 Å². The van der Waals surface area contributed by atoms with Crippen molar-refractivity contribution in [3.8, 4) is 6.07 Å². The van der Waals surface area contributed by atoms with Crippen molar-refractivity contribution in [2.24, 2.45) is 0 Å². The lowest BCUT2D eigenvalue weighted by Crippen LogP contribution is -2.23. The third-order valence-electron chi connectivity index (χ3n) is 2.04. The molecule has 0 aliphatic heterocycles. The van der Waals surface area contributed by atoms with Crippen LogP contribution in [0.4, 0.5) is 0 Å². The van der Waals surface area contributed by atoms with Crippen molar-refractivity contribution in [3.63, 3.8) is 0 Å². The Morgan fingerprint density at radius 3 is 2.70 bits per heavy atom. The van der Waals surface area contributed by atoms with Crippen molar-refractivity contribution in [2.75, 3.05) is 6.26 Å². The summed E-state index contributed by atoms with van der Waals surface area (Å²) in [6.07, 6.45) is 4.00. The van der Waals surface area contributed by atoms with Crippen LogP contribution in [0.3, 0.4) is 0 Å². The maximum absolute atomic E-state index is 9.40. The van der Waals surface area contributed by atoms with Crippen molar-refractivity contribution in [3.05, 3.63) is 0 Å². The topological polar surface area (TPSA) is 44.0 Å². The van der Waals surface area contributed by atoms with E-state index < -0.39 is 6.10 Å². The SMILES string of the molecule is CSC1(C(O)CC#N)CC1. The number of thioether (sulfide) groups is 1. The summed E-state index contributed by atoms with van der Waals surface area (Å²) in [6, 6.07) is 1.98. The second-order valence-corrected chi connectivity index (χ2v) is 3.87. The highest BCUT2D eigenvalue weighted by Crippen LogP contribution is 2.50. The van der Waals surface area contributed by atoms with Gasteiger partial charge in [-0.2, -0.15) is 17.0 Å². The van der Waals surface area contributed by atoms with Gasteiger partial charge in [0.15, 0.2) is 0 Å². The van der Waals surface area contributed by atoms with Crippen LogP contribution in [0.1, 0.15) is 19.3 Å². The normalized spacial score (nSPS) is 23.3. The molecule has 2 nitrogen and oxygen atoms in total. The first-order valence-electron chi connectivity index (χ1n) is 3.35. The fraction of sp³-hybridized carbons (Fsp3) is 0.857. The average Bonchev–Trinajstić information content (AvgIpc) is 2.68. The predicted molar refractivity (Wildman–Crippen MR) is 41.7 cm³/mol. The number of aliphatic hydroxyl groups excluding tert-OH is 1.